The number of amides is 1. The van der Waals surface area contributed by atoms with Gasteiger partial charge < -0.3 is 10.2 Å². The van der Waals surface area contributed by atoms with Crippen molar-refractivity contribution >= 4 is 11.9 Å². The van der Waals surface area contributed by atoms with Crippen molar-refractivity contribution in [1.82, 2.24) is 15.1 Å². The summed E-state index contributed by atoms with van der Waals surface area (Å²) < 4.78 is 0. The highest BCUT2D eigenvalue weighted by Gasteiger charge is 2.50. The highest BCUT2D eigenvalue weighted by Crippen LogP contribution is 2.31. The van der Waals surface area contributed by atoms with Gasteiger partial charge >= 0.3 is 0 Å². The first kappa shape index (κ1) is 15.0. The van der Waals surface area contributed by atoms with E-state index in [9.17, 15) is 4.79 Å². The Morgan fingerprint density at radius 3 is 2.56 bits per heavy atom. The molecule has 1 saturated heterocycles. The molecule has 0 aliphatic carbocycles. The van der Waals surface area contributed by atoms with E-state index in [0.717, 1.165) is 19.5 Å². The third kappa shape index (κ3) is 2.66. The van der Waals surface area contributed by atoms with Crippen LogP contribution in [0, 0.1) is 11.3 Å². The number of nitrogens with zero attached hydrogens (tertiary/aromatic N) is 2. The van der Waals surface area contributed by atoms with Crippen molar-refractivity contribution in [2.24, 2.45) is 5.92 Å². The van der Waals surface area contributed by atoms with E-state index in [1.54, 1.807) is 9.80 Å². The zero-order chi connectivity index (χ0) is 13.9. The first-order valence-corrected chi connectivity index (χ1v) is 6.69. The van der Waals surface area contributed by atoms with Crippen LogP contribution in [-0.4, -0.2) is 53.9 Å². The van der Waals surface area contributed by atoms with Crippen molar-refractivity contribution in [3.05, 3.63) is 0 Å². The van der Waals surface area contributed by atoms with Crippen LogP contribution >= 0.6 is 0 Å². The zero-order valence-electron chi connectivity index (χ0n) is 12.2. The molecule has 0 radical (unpaired) electrons. The Labute approximate surface area is 110 Å². The minimum atomic E-state index is -0.558. The number of carbonyl (C=O) groups excluding carboxylic acids is 1. The molecule has 0 aromatic heterocycles. The summed E-state index contributed by atoms with van der Waals surface area (Å²) in [6, 6.07) is 0. The lowest BCUT2D eigenvalue weighted by atomic mass is 9.89. The maximum Gasteiger partial charge on any atom is 0.255 e. The summed E-state index contributed by atoms with van der Waals surface area (Å²) >= 11 is 0. The second-order valence-electron chi connectivity index (χ2n) is 5.56. The topological polar surface area (TPSA) is 59.4 Å². The fourth-order valence-corrected chi connectivity index (χ4v) is 2.54. The average Bonchev–Trinajstić information content (AvgIpc) is 2.44. The number of nitrogens with one attached hydrogen (secondary N) is 2. The van der Waals surface area contributed by atoms with Gasteiger partial charge in [-0.15, -0.1) is 0 Å². The van der Waals surface area contributed by atoms with E-state index >= 15 is 0 Å². The number of hydrogen-bond donors (Lipinski definition) is 2. The second-order valence-corrected chi connectivity index (χ2v) is 5.56. The lowest BCUT2D eigenvalue weighted by Crippen LogP contribution is -2.46. The smallest absolute Gasteiger partial charge is 0.255 e. The molecule has 1 atom stereocenters. The Balaban J connectivity index is 2.79. The van der Waals surface area contributed by atoms with Gasteiger partial charge in [-0.05, 0) is 25.8 Å². The first-order chi connectivity index (χ1) is 8.34. The number of hydrogen-bond acceptors (Lipinski definition) is 3. The monoisotopic (exact) mass is 254 g/mol. The molecule has 1 fully saturated rings. The maximum absolute atomic E-state index is 12.5. The fourth-order valence-electron chi connectivity index (χ4n) is 2.54. The van der Waals surface area contributed by atoms with Crippen LogP contribution in [0.15, 0.2) is 0 Å². The minimum absolute atomic E-state index is 0.0570. The van der Waals surface area contributed by atoms with Crippen LogP contribution in [-0.2, 0) is 4.79 Å². The standard InChI is InChI=1S/C13H26N4O/c1-6-15-7-8-17-11(18)13(4,9-10(2)3)16(5)12(17)14/h10,14-15H,6-9H2,1-5H3. The Bertz CT molecular complexity index is 329. The van der Waals surface area contributed by atoms with Crippen LogP contribution in [0.2, 0.25) is 0 Å². The molecule has 1 aliphatic heterocycles. The predicted octanol–water partition coefficient (Wildman–Crippen LogP) is 1.11. The molecule has 0 aromatic rings. The summed E-state index contributed by atoms with van der Waals surface area (Å²) in [4.78, 5) is 15.9. The van der Waals surface area contributed by atoms with E-state index < -0.39 is 5.54 Å². The number of rotatable bonds is 6. The van der Waals surface area contributed by atoms with Crippen molar-refractivity contribution in [2.75, 3.05) is 26.7 Å². The lowest BCUT2D eigenvalue weighted by Gasteiger charge is -2.30. The summed E-state index contributed by atoms with van der Waals surface area (Å²) in [5.41, 5.74) is -0.558. The van der Waals surface area contributed by atoms with E-state index in [1.165, 1.54) is 0 Å². The van der Waals surface area contributed by atoms with Gasteiger partial charge in [0.2, 0.25) is 5.96 Å². The molecule has 5 heteroatoms. The van der Waals surface area contributed by atoms with Gasteiger partial charge in [-0.2, -0.15) is 0 Å². The molecular weight excluding hydrogens is 228 g/mol. The molecule has 2 N–H and O–H groups in total. The van der Waals surface area contributed by atoms with Crippen LogP contribution in [0.1, 0.15) is 34.1 Å². The summed E-state index contributed by atoms with van der Waals surface area (Å²) in [6.07, 6.45) is 0.780. The van der Waals surface area contributed by atoms with Gasteiger partial charge in [-0.1, -0.05) is 20.8 Å². The third-order valence-electron chi connectivity index (χ3n) is 3.59. The normalized spacial score (nSPS) is 24.6. The molecule has 5 nitrogen and oxygen atoms in total. The van der Waals surface area contributed by atoms with Gasteiger partial charge in [0, 0.05) is 20.1 Å². The van der Waals surface area contributed by atoms with Crippen LogP contribution in [0.5, 0.6) is 0 Å². The van der Waals surface area contributed by atoms with E-state index in [4.69, 9.17) is 5.41 Å². The average molecular weight is 254 g/mol. The number of carbonyl (C=O) groups is 1. The van der Waals surface area contributed by atoms with Gasteiger partial charge in [-0.25, -0.2) is 0 Å². The highest BCUT2D eigenvalue weighted by atomic mass is 16.2. The highest BCUT2D eigenvalue weighted by molar-refractivity contribution is 6.07. The number of guanidine groups is 1. The number of likely N-dealkylation sites (N-methyl/N-ethyl adjacent to an activating group) is 2. The summed E-state index contributed by atoms with van der Waals surface area (Å²) in [7, 11) is 1.84. The van der Waals surface area contributed by atoms with Crippen LogP contribution in [0.4, 0.5) is 0 Å². The lowest BCUT2D eigenvalue weighted by molar-refractivity contribution is -0.132. The van der Waals surface area contributed by atoms with Gasteiger partial charge in [0.25, 0.3) is 5.91 Å². The minimum Gasteiger partial charge on any atom is -0.331 e. The van der Waals surface area contributed by atoms with Crippen LogP contribution < -0.4 is 5.32 Å². The Morgan fingerprint density at radius 1 is 1.44 bits per heavy atom. The Hall–Kier alpha value is -1.10. The van der Waals surface area contributed by atoms with Crippen LogP contribution in [0.3, 0.4) is 0 Å². The second kappa shape index (κ2) is 5.69. The van der Waals surface area contributed by atoms with E-state index in [0.29, 0.717) is 18.4 Å². The molecule has 1 aliphatic rings. The molecule has 0 aromatic carbocycles. The third-order valence-corrected chi connectivity index (χ3v) is 3.59. The van der Waals surface area contributed by atoms with Crippen molar-refractivity contribution < 1.29 is 4.79 Å². The largest absolute Gasteiger partial charge is 0.331 e. The first-order valence-electron chi connectivity index (χ1n) is 6.69. The molecular formula is C13H26N4O. The van der Waals surface area contributed by atoms with Gasteiger partial charge in [0.1, 0.15) is 5.54 Å². The molecule has 1 rings (SSSR count). The SMILES string of the molecule is CCNCCN1C(=N)N(C)C(C)(CC(C)C)C1=O. The summed E-state index contributed by atoms with van der Waals surface area (Å²) in [5, 5.41) is 11.3. The van der Waals surface area contributed by atoms with E-state index in [1.807, 2.05) is 20.9 Å². The quantitative estimate of drug-likeness (QED) is 0.698. The Kier molecular flexibility index (Phi) is 4.73. The summed E-state index contributed by atoms with van der Waals surface area (Å²) in [6.45, 7) is 10.4. The molecule has 1 amide bonds. The predicted molar refractivity (Wildman–Crippen MR) is 73.6 cm³/mol. The van der Waals surface area contributed by atoms with E-state index in [-0.39, 0.29) is 5.91 Å². The Morgan fingerprint density at radius 2 is 2.06 bits per heavy atom. The van der Waals surface area contributed by atoms with Crippen LogP contribution in [0.25, 0.3) is 0 Å². The molecule has 18 heavy (non-hydrogen) atoms. The van der Waals surface area contributed by atoms with Crippen molar-refractivity contribution in [3.63, 3.8) is 0 Å². The zero-order valence-corrected chi connectivity index (χ0v) is 12.2. The van der Waals surface area contributed by atoms with Crippen molar-refractivity contribution in [3.8, 4) is 0 Å². The molecule has 0 spiro atoms. The molecule has 0 bridgehead atoms. The van der Waals surface area contributed by atoms with Crippen molar-refractivity contribution in [1.29, 1.82) is 5.41 Å². The van der Waals surface area contributed by atoms with Gasteiger partial charge in [-0.3, -0.25) is 15.1 Å². The molecule has 0 saturated carbocycles. The fraction of sp³-hybridized carbons (Fsp3) is 0.846. The van der Waals surface area contributed by atoms with Gasteiger partial charge in [0.15, 0.2) is 0 Å². The maximum atomic E-state index is 12.5. The molecule has 1 heterocycles. The van der Waals surface area contributed by atoms with E-state index in [2.05, 4.69) is 19.2 Å². The van der Waals surface area contributed by atoms with Crippen molar-refractivity contribution in [2.45, 2.75) is 39.7 Å². The van der Waals surface area contributed by atoms with Gasteiger partial charge in [0.05, 0.1) is 0 Å². The molecule has 104 valence electrons. The summed E-state index contributed by atoms with van der Waals surface area (Å²) in [5.74, 6) is 0.811. The molecule has 1 unspecified atom stereocenters.